The predicted molar refractivity (Wildman–Crippen MR) is 64.1 cm³/mol. The van der Waals surface area contributed by atoms with Crippen molar-refractivity contribution in [2.75, 3.05) is 0 Å². The molecule has 1 atom stereocenters. The van der Waals surface area contributed by atoms with Crippen LogP contribution in [-0.4, -0.2) is 12.1 Å². The first-order valence-corrected chi connectivity index (χ1v) is 6.51. The molecule has 90 valence electrons. The van der Waals surface area contributed by atoms with Crippen LogP contribution in [0.5, 0.6) is 0 Å². The molecule has 0 aromatic heterocycles. The summed E-state index contributed by atoms with van der Waals surface area (Å²) >= 11 is 0. The van der Waals surface area contributed by atoms with Crippen LogP contribution in [0.2, 0.25) is 0 Å². The molecule has 2 saturated carbocycles. The Morgan fingerprint density at radius 3 is 2.44 bits per heavy atom. The van der Waals surface area contributed by atoms with Crippen molar-refractivity contribution < 1.29 is 9.53 Å². The minimum Gasteiger partial charge on any atom is -0.458 e. The Morgan fingerprint density at radius 2 is 1.81 bits per heavy atom. The summed E-state index contributed by atoms with van der Waals surface area (Å²) in [6.45, 7) is 5.38. The Labute approximate surface area is 98.1 Å². The lowest BCUT2D eigenvalue weighted by atomic mass is 9.71. The van der Waals surface area contributed by atoms with Crippen molar-refractivity contribution in [1.82, 2.24) is 0 Å². The monoisotopic (exact) mass is 222 g/mol. The third-order valence-electron chi connectivity index (χ3n) is 4.27. The van der Waals surface area contributed by atoms with Gasteiger partial charge in [-0.1, -0.05) is 25.8 Å². The topological polar surface area (TPSA) is 26.3 Å². The van der Waals surface area contributed by atoms with E-state index in [1.165, 1.54) is 44.9 Å². The fourth-order valence-corrected chi connectivity index (χ4v) is 3.35. The highest BCUT2D eigenvalue weighted by Crippen LogP contribution is 2.50. The first-order valence-electron chi connectivity index (χ1n) is 6.51. The van der Waals surface area contributed by atoms with Gasteiger partial charge < -0.3 is 4.74 Å². The minimum atomic E-state index is -0.197. The van der Waals surface area contributed by atoms with E-state index in [4.69, 9.17) is 4.74 Å². The Balaban J connectivity index is 2.02. The molecule has 0 amide bonds. The number of carbonyl (C=O) groups is 1. The second kappa shape index (κ2) is 4.60. The lowest BCUT2D eigenvalue weighted by molar-refractivity contribution is -0.151. The van der Waals surface area contributed by atoms with Crippen LogP contribution in [0.15, 0.2) is 12.2 Å². The molecule has 0 radical (unpaired) electrons. The molecule has 2 rings (SSSR count). The maximum absolute atomic E-state index is 11.6. The van der Waals surface area contributed by atoms with Gasteiger partial charge in [0.1, 0.15) is 6.10 Å². The van der Waals surface area contributed by atoms with Gasteiger partial charge in [-0.25, -0.2) is 4.79 Å². The molecule has 0 bridgehead atoms. The summed E-state index contributed by atoms with van der Waals surface area (Å²) in [4.78, 5) is 11.6. The molecule has 0 heterocycles. The summed E-state index contributed by atoms with van der Waals surface area (Å²) in [5.41, 5.74) is 0.849. The predicted octanol–water partition coefficient (Wildman–Crippen LogP) is 3.61. The SMILES string of the molecule is C=C(C)C(=O)OC1CCCC12CCCCC2. The maximum atomic E-state index is 11.6. The molecule has 0 aromatic carbocycles. The summed E-state index contributed by atoms with van der Waals surface area (Å²) in [7, 11) is 0. The third kappa shape index (κ3) is 2.16. The molecule has 2 fully saturated rings. The largest absolute Gasteiger partial charge is 0.458 e. The van der Waals surface area contributed by atoms with Crippen molar-refractivity contribution in [2.24, 2.45) is 5.41 Å². The quantitative estimate of drug-likeness (QED) is 0.527. The Morgan fingerprint density at radius 1 is 1.19 bits per heavy atom. The van der Waals surface area contributed by atoms with Crippen molar-refractivity contribution in [3.05, 3.63) is 12.2 Å². The first-order chi connectivity index (χ1) is 7.64. The molecular weight excluding hydrogens is 200 g/mol. The van der Waals surface area contributed by atoms with Gasteiger partial charge >= 0.3 is 5.97 Å². The average molecular weight is 222 g/mol. The van der Waals surface area contributed by atoms with Crippen LogP contribution in [0, 0.1) is 5.41 Å². The number of hydrogen-bond donors (Lipinski definition) is 0. The standard InChI is InChI=1S/C14H22O2/c1-11(2)13(15)16-12-7-6-10-14(12)8-4-3-5-9-14/h12H,1,3-10H2,2H3. The number of rotatable bonds is 2. The zero-order valence-electron chi connectivity index (χ0n) is 10.3. The van der Waals surface area contributed by atoms with Gasteiger partial charge in [0, 0.05) is 11.0 Å². The van der Waals surface area contributed by atoms with E-state index in [1.807, 2.05) is 0 Å². The second-order valence-corrected chi connectivity index (χ2v) is 5.49. The van der Waals surface area contributed by atoms with E-state index >= 15 is 0 Å². The molecule has 0 aliphatic heterocycles. The molecule has 2 aliphatic carbocycles. The molecular formula is C14H22O2. The lowest BCUT2D eigenvalue weighted by Gasteiger charge is -2.38. The molecule has 1 spiro atoms. The van der Waals surface area contributed by atoms with Crippen LogP contribution in [0.4, 0.5) is 0 Å². The highest BCUT2D eigenvalue weighted by atomic mass is 16.5. The van der Waals surface area contributed by atoms with Gasteiger partial charge in [0.2, 0.25) is 0 Å². The van der Waals surface area contributed by atoms with E-state index in [1.54, 1.807) is 6.92 Å². The van der Waals surface area contributed by atoms with E-state index in [-0.39, 0.29) is 12.1 Å². The number of ether oxygens (including phenoxy) is 1. The van der Waals surface area contributed by atoms with E-state index in [9.17, 15) is 4.79 Å². The van der Waals surface area contributed by atoms with Gasteiger partial charge in [0.15, 0.2) is 0 Å². The maximum Gasteiger partial charge on any atom is 0.333 e. The Bertz CT molecular complexity index is 287. The smallest absolute Gasteiger partial charge is 0.333 e. The van der Waals surface area contributed by atoms with Crippen LogP contribution >= 0.6 is 0 Å². The van der Waals surface area contributed by atoms with E-state index in [0.29, 0.717) is 11.0 Å². The molecule has 16 heavy (non-hydrogen) atoms. The first kappa shape index (κ1) is 11.7. The molecule has 2 heteroatoms. The molecule has 1 unspecified atom stereocenters. The van der Waals surface area contributed by atoms with Crippen LogP contribution in [0.3, 0.4) is 0 Å². The molecule has 0 aromatic rings. The Kier molecular flexibility index (Phi) is 3.36. The van der Waals surface area contributed by atoms with E-state index in [0.717, 1.165) is 6.42 Å². The van der Waals surface area contributed by atoms with Crippen LogP contribution in [-0.2, 0) is 9.53 Å². The minimum absolute atomic E-state index is 0.164. The van der Waals surface area contributed by atoms with Crippen molar-refractivity contribution >= 4 is 5.97 Å². The fraction of sp³-hybridized carbons (Fsp3) is 0.786. The van der Waals surface area contributed by atoms with E-state index < -0.39 is 0 Å². The van der Waals surface area contributed by atoms with Gasteiger partial charge in [0.05, 0.1) is 0 Å². The van der Waals surface area contributed by atoms with Crippen molar-refractivity contribution in [3.63, 3.8) is 0 Å². The van der Waals surface area contributed by atoms with Gasteiger partial charge in [-0.05, 0) is 39.0 Å². The molecule has 2 aliphatic rings. The molecule has 2 nitrogen and oxygen atoms in total. The zero-order valence-corrected chi connectivity index (χ0v) is 10.3. The fourth-order valence-electron chi connectivity index (χ4n) is 3.35. The summed E-state index contributed by atoms with van der Waals surface area (Å²) in [5.74, 6) is -0.197. The summed E-state index contributed by atoms with van der Waals surface area (Å²) in [6, 6.07) is 0. The number of carbonyl (C=O) groups excluding carboxylic acids is 1. The van der Waals surface area contributed by atoms with Gasteiger partial charge in [-0.3, -0.25) is 0 Å². The van der Waals surface area contributed by atoms with Gasteiger partial charge in [-0.15, -0.1) is 0 Å². The van der Waals surface area contributed by atoms with Crippen molar-refractivity contribution in [1.29, 1.82) is 0 Å². The van der Waals surface area contributed by atoms with Gasteiger partial charge in [-0.2, -0.15) is 0 Å². The number of esters is 1. The van der Waals surface area contributed by atoms with E-state index in [2.05, 4.69) is 6.58 Å². The highest BCUT2D eigenvalue weighted by molar-refractivity contribution is 5.87. The van der Waals surface area contributed by atoms with Crippen LogP contribution < -0.4 is 0 Å². The van der Waals surface area contributed by atoms with Crippen LogP contribution in [0.25, 0.3) is 0 Å². The summed E-state index contributed by atoms with van der Waals surface area (Å²) in [6.07, 6.45) is 10.2. The Hall–Kier alpha value is -0.790. The normalized spacial score (nSPS) is 27.9. The second-order valence-electron chi connectivity index (χ2n) is 5.49. The molecule has 0 saturated heterocycles. The average Bonchev–Trinajstić information content (AvgIpc) is 2.62. The zero-order chi connectivity index (χ0) is 11.6. The van der Waals surface area contributed by atoms with Crippen molar-refractivity contribution in [3.8, 4) is 0 Å². The van der Waals surface area contributed by atoms with Gasteiger partial charge in [0.25, 0.3) is 0 Å². The molecule has 0 N–H and O–H groups in total. The van der Waals surface area contributed by atoms with Crippen LogP contribution in [0.1, 0.15) is 58.3 Å². The summed E-state index contributed by atoms with van der Waals surface area (Å²) < 4.78 is 5.63. The lowest BCUT2D eigenvalue weighted by Crippen LogP contribution is -2.35. The highest BCUT2D eigenvalue weighted by Gasteiger charge is 2.45. The summed E-state index contributed by atoms with van der Waals surface area (Å²) in [5, 5.41) is 0. The third-order valence-corrected chi connectivity index (χ3v) is 4.27. The number of hydrogen-bond acceptors (Lipinski definition) is 2. The van der Waals surface area contributed by atoms with Crippen molar-refractivity contribution in [2.45, 2.75) is 64.4 Å².